The van der Waals surface area contributed by atoms with Gasteiger partial charge in [-0.05, 0) is 44.0 Å². The Hall–Kier alpha value is -1.44. The molecule has 3 saturated heterocycles. The normalized spacial score (nSPS) is 26.2. The van der Waals surface area contributed by atoms with Gasteiger partial charge in [-0.25, -0.2) is 4.98 Å². The second-order valence-electron chi connectivity index (χ2n) is 6.08. The van der Waals surface area contributed by atoms with Crippen LogP contribution in [0.1, 0.15) is 22.5 Å². The molecular formula is C16H19N3O2S2. The number of nitrogens with zero attached hydrogens (tertiary/aromatic N) is 2. The van der Waals surface area contributed by atoms with Crippen LogP contribution in [0.25, 0.3) is 9.88 Å². The van der Waals surface area contributed by atoms with Crippen LogP contribution in [0.4, 0.5) is 0 Å². The number of carbonyl (C=O) groups is 1. The molecule has 3 aliphatic rings. The van der Waals surface area contributed by atoms with Crippen molar-refractivity contribution >= 4 is 28.6 Å². The van der Waals surface area contributed by atoms with Crippen LogP contribution in [-0.2, 0) is 0 Å². The predicted molar refractivity (Wildman–Crippen MR) is 92.4 cm³/mol. The first kappa shape index (κ1) is 15.1. The molecule has 3 aliphatic heterocycles. The van der Waals surface area contributed by atoms with Gasteiger partial charge in [0.1, 0.15) is 5.01 Å². The molecular weight excluding hydrogens is 330 g/mol. The van der Waals surface area contributed by atoms with Gasteiger partial charge in [0.25, 0.3) is 5.91 Å². The summed E-state index contributed by atoms with van der Waals surface area (Å²) < 4.78 is 5.12. The Labute approximate surface area is 143 Å². The second kappa shape index (κ2) is 6.22. The van der Waals surface area contributed by atoms with E-state index in [1.165, 1.54) is 48.6 Å². The lowest BCUT2D eigenvalue weighted by Gasteiger charge is -2.44. The molecule has 1 N–H and O–H groups in total. The Balaban J connectivity index is 1.45. The summed E-state index contributed by atoms with van der Waals surface area (Å²) >= 11 is 3.03. The van der Waals surface area contributed by atoms with Gasteiger partial charge in [-0.2, -0.15) is 0 Å². The molecule has 122 valence electrons. The third-order valence-electron chi connectivity index (χ3n) is 4.71. The number of thiazole rings is 1. The van der Waals surface area contributed by atoms with Crippen molar-refractivity contribution in [3.05, 3.63) is 22.4 Å². The zero-order valence-electron chi connectivity index (χ0n) is 12.9. The van der Waals surface area contributed by atoms with Crippen molar-refractivity contribution < 1.29 is 9.53 Å². The predicted octanol–water partition coefficient (Wildman–Crippen LogP) is 2.70. The van der Waals surface area contributed by atoms with E-state index in [4.69, 9.17) is 4.74 Å². The maximum atomic E-state index is 12.5. The molecule has 5 heterocycles. The number of fused-ring (bicyclic) bond motifs is 3. The van der Waals surface area contributed by atoms with E-state index in [-0.39, 0.29) is 5.91 Å². The Morgan fingerprint density at radius 3 is 2.87 bits per heavy atom. The fourth-order valence-corrected chi connectivity index (χ4v) is 5.16. The summed E-state index contributed by atoms with van der Waals surface area (Å²) in [6.07, 6.45) is 2.42. The van der Waals surface area contributed by atoms with Crippen LogP contribution in [0.2, 0.25) is 0 Å². The van der Waals surface area contributed by atoms with E-state index in [2.05, 4.69) is 15.2 Å². The molecule has 2 aromatic rings. The lowest BCUT2D eigenvalue weighted by atomic mass is 9.84. The Bertz CT molecular complexity index is 704. The number of piperidine rings is 3. The van der Waals surface area contributed by atoms with Crippen molar-refractivity contribution in [3.63, 3.8) is 0 Å². The number of rotatable bonds is 4. The maximum absolute atomic E-state index is 12.5. The zero-order valence-corrected chi connectivity index (χ0v) is 14.6. The van der Waals surface area contributed by atoms with Gasteiger partial charge < -0.3 is 15.0 Å². The number of carbonyl (C=O) groups excluding carboxylic acids is 1. The summed E-state index contributed by atoms with van der Waals surface area (Å²) in [6.45, 7) is 3.37. The molecule has 23 heavy (non-hydrogen) atoms. The fraction of sp³-hybridized carbons (Fsp3) is 0.500. The zero-order chi connectivity index (χ0) is 15.8. The minimum atomic E-state index is 0.0449. The highest BCUT2D eigenvalue weighted by Crippen LogP contribution is 2.33. The monoisotopic (exact) mass is 349 g/mol. The molecule has 1 amide bonds. The second-order valence-corrected chi connectivity index (χ2v) is 8.02. The topological polar surface area (TPSA) is 54.5 Å². The average Bonchev–Trinajstić information content (AvgIpc) is 3.25. The smallest absolute Gasteiger partial charge is 0.261 e. The molecule has 0 radical (unpaired) electrons. The number of nitrogens with one attached hydrogen (secondary N) is 1. The van der Waals surface area contributed by atoms with Gasteiger partial charge in [-0.3, -0.25) is 4.79 Å². The molecule has 3 fully saturated rings. The van der Waals surface area contributed by atoms with Crippen LogP contribution in [0.3, 0.4) is 0 Å². The molecule has 0 aliphatic carbocycles. The van der Waals surface area contributed by atoms with E-state index in [0.29, 0.717) is 17.8 Å². The van der Waals surface area contributed by atoms with Crippen molar-refractivity contribution in [1.82, 2.24) is 15.2 Å². The van der Waals surface area contributed by atoms with Gasteiger partial charge in [-0.1, -0.05) is 0 Å². The molecule has 0 spiro atoms. The van der Waals surface area contributed by atoms with E-state index in [1.807, 2.05) is 17.5 Å². The quantitative estimate of drug-likeness (QED) is 0.922. The third-order valence-corrected chi connectivity index (χ3v) is 6.78. The molecule has 0 aromatic carbocycles. The van der Waals surface area contributed by atoms with Crippen molar-refractivity contribution in [3.8, 4) is 15.8 Å². The van der Waals surface area contributed by atoms with E-state index in [0.717, 1.165) is 21.3 Å². The van der Waals surface area contributed by atoms with Crippen LogP contribution in [0, 0.1) is 5.92 Å². The SMILES string of the molecule is COc1csc(-c2ccc(C(=O)N[C@H]3CN4CCC3CC4)s2)n1. The van der Waals surface area contributed by atoms with Crippen LogP contribution < -0.4 is 10.1 Å². The summed E-state index contributed by atoms with van der Waals surface area (Å²) in [5, 5.41) is 6.01. The van der Waals surface area contributed by atoms with E-state index in [9.17, 15) is 4.79 Å². The summed E-state index contributed by atoms with van der Waals surface area (Å²) in [4.78, 5) is 21.1. The van der Waals surface area contributed by atoms with Crippen molar-refractivity contribution in [2.24, 2.45) is 5.92 Å². The van der Waals surface area contributed by atoms with Gasteiger partial charge in [-0.15, -0.1) is 22.7 Å². The van der Waals surface area contributed by atoms with Crippen LogP contribution >= 0.6 is 22.7 Å². The van der Waals surface area contributed by atoms with Gasteiger partial charge >= 0.3 is 0 Å². The largest absolute Gasteiger partial charge is 0.480 e. The van der Waals surface area contributed by atoms with E-state index < -0.39 is 0 Å². The molecule has 2 aromatic heterocycles. The van der Waals surface area contributed by atoms with Crippen molar-refractivity contribution in [1.29, 1.82) is 0 Å². The van der Waals surface area contributed by atoms with Crippen LogP contribution in [0.5, 0.6) is 5.88 Å². The fourth-order valence-electron chi connectivity index (χ4n) is 3.41. The highest BCUT2D eigenvalue weighted by Gasteiger charge is 2.35. The van der Waals surface area contributed by atoms with Gasteiger partial charge in [0.15, 0.2) is 0 Å². The molecule has 0 unspecified atom stereocenters. The van der Waals surface area contributed by atoms with Crippen LogP contribution in [-0.4, -0.2) is 48.6 Å². The van der Waals surface area contributed by atoms with Gasteiger partial charge in [0.2, 0.25) is 5.88 Å². The number of hydrogen-bond acceptors (Lipinski definition) is 6. The lowest BCUT2D eigenvalue weighted by molar-refractivity contribution is 0.0622. The molecule has 0 saturated carbocycles. The summed E-state index contributed by atoms with van der Waals surface area (Å²) in [7, 11) is 1.61. The van der Waals surface area contributed by atoms with Gasteiger partial charge in [0, 0.05) is 12.6 Å². The molecule has 5 nitrogen and oxygen atoms in total. The highest BCUT2D eigenvalue weighted by molar-refractivity contribution is 7.22. The van der Waals surface area contributed by atoms with Crippen LogP contribution in [0.15, 0.2) is 17.5 Å². The highest BCUT2D eigenvalue weighted by atomic mass is 32.1. The first-order chi connectivity index (χ1) is 11.2. The van der Waals surface area contributed by atoms with E-state index >= 15 is 0 Å². The number of methoxy groups -OCH3 is 1. The third kappa shape index (κ3) is 3.00. The molecule has 2 bridgehead atoms. The minimum absolute atomic E-state index is 0.0449. The average molecular weight is 349 g/mol. The van der Waals surface area contributed by atoms with Crippen molar-refractivity contribution in [2.75, 3.05) is 26.7 Å². The van der Waals surface area contributed by atoms with E-state index in [1.54, 1.807) is 7.11 Å². The number of thiophene rings is 1. The maximum Gasteiger partial charge on any atom is 0.261 e. The standard InChI is InChI=1S/C16H19N3O2S2/c1-21-14-9-22-16(18-14)13-3-2-12(23-13)15(20)17-11-8-19-6-4-10(11)5-7-19/h2-3,9-11H,4-8H2,1H3,(H,17,20)/t11-/m0/s1. The molecule has 5 rings (SSSR count). The number of amides is 1. The number of aromatic nitrogens is 1. The lowest BCUT2D eigenvalue weighted by Crippen LogP contribution is -2.57. The minimum Gasteiger partial charge on any atom is -0.480 e. The first-order valence-electron chi connectivity index (χ1n) is 7.86. The number of ether oxygens (including phenoxy) is 1. The summed E-state index contributed by atoms with van der Waals surface area (Å²) in [5.74, 6) is 1.31. The Morgan fingerprint density at radius 1 is 1.39 bits per heavy atom. The first-order valence-corrected chi connectivity index (χ1v) is 9.55. The number of hydrogen-bond donors (Lipinski definition) is 1. The Morgan fingerprint density at radius 2 is 2.22 bits per heavy atom. The Kier molecular flexibility index (Phi) is 4.09. The summed E-state index contributed by atoms with van der Waals surface area (Å²) in [5.41, 5.74) is 0. The van der Waals surface area contributed by atoms with Crippen molar-refractivity contribution in [2.45, 2.75) is 18.9 Å². The molecule has 1 atom stereocenters. The molecule has 7 heteroatoms. The summed E-state index contributed by atoms with van der Waals surface area (Å²) in [6, 6.07) is 4.16. The van der Waals surface area contributed by atoms with Gasteiger partial charge in [0.05, 0.1) is 22.2 Å².